The summed E-state index contributed by atoms with van der Waals surface area (Å²) in [6.45, 7) is 3.77. The Morgan fingerprint density at radius 2 is 2.17 bits per heavy atom. The van der Waals surface area contributed by atoms with E-state index in [1.54, 1.807) is 13.2 Å². The van der Waals surface area contributed by atoms with Crippen molar-refractivity contribution in [2.24, 2.45) is 15.7 Å². The van der Waals surface area contributed by atoms with Crippen molar-refractivity contribution >= 4 is 18.4 Å². The summed E-state index contributed by atoms with van der Waals surface area (Å²) in [6, 6.07) is 5.67. The predicted molar refractivity (Wildman–Crippen MR) is 110 cm³/mol. The molecule has 8 heteroatoms. The Bertz CT molecular complexity index is 1120. The van der Waals surface area contributed by atoms with Gasteiger partial charge in [-0.1, -0.05) is 11.2 Å². The van der Waals surface area contributed by atoms with E-state index in [4.69, 9.17) is 10.3 Å². The standard InChI is InChI=1S/C21H22N6O2/c1-23-20(22)17-15-12(27(21(17)24-2)14-5-3-4-10-25-14)8-9-13(28)16-18(15)26-29-19(16)11-6-7-11/h3-5,10-11,13,28H,2,6-9H2,1H3,(H2,22,23). The largest absolute Gasteiger partial charge is 0.388 e. The molecule has 3 heterocycles. The SMILES string of the molecule is C=Nc1c(C(N)=NC)c2c(n1-c1ccccn1)CCC(O)c1c-2noc1C1CC1. The number of amidine groups is 1. The van der Waals surface area contributed by atoms with E-state index < -0.39 is 6.10 Å². The number of aliphatic hydroxyl groups excluding tert-OH is 1. The minimum absolute atomic E-state index is 0.330. The molecule has 1 unspecified atom stereocenters. The normalized spacial score (nSPS) is 18.8. The highest BCUT2D eigenvalue weighted by Gasteiger charge is 2.40. The summed E-state index contributed by atoms with van der Waals surface area (Å²) < 4.78 is 7.65. The van der Waals surface area contributed by atoms with E-state index in [2.05, 4.69) is 26.8 Å². The summed E-state index contributed by atoms with van der Waals surface area (Å²) >= 11 is 0. The van der Waals surface area contributed by atoms with E-state index in [-0.39, 0.29) is 0 Å². The Morgan fingerprint density at radius 1 is 1.34 bits per heavy atom. The van der Waals surface area contributed by atoms with Crippen LogP contribution in [0.2, 0.25) is 0 Å². The fraction of sp³-hybridized carbons (Fsp3) is 0.333. The zero-order chi connectivity index (χ0) is 20.1. The average Bonchev–Trinajstić information content (AvgIpc) is 3.44. The molecular weight excluding hydrogens is 368 g/mol. The second-order valence-corrected chi connectivity index (χ2v) is 7.45. The number of nitrogens with two attached hydrogens (primary N) is 1. The first-order valence-electron chi connectivity index (χ1n) is 9.71. The lowest BCUT2D eigenvalue weighted by molar-refractivity contribution is 0.166. The number of hydrogen-bond donors (Lipinski definition) is 2. The van der Waals surface area contributed by atoms with Gasteiger partial charge in [-0.25, -0.2) is 9.98 Å². The van der Waals surface area contributed by atoms with E-state index in [1.165, 1.54) is 0 Å². The molecule has 0 aromatic carbocycles. The molecule has 5 rings (SSSR count). The van der Waals surface area contributed by atoms with E-state index in [1.807, 2.05) is 22.8 Å². The first-order valence-corrected chi connectivity index (χ1v) is 9.71. The zero-order valence-electron chi connectivity index (χ0n) is 16.2. The summed E-state index contributed by atoms with van der Waals surface area (Å²) in [5.41, 5.74) is 10.1. The number of fused-ring (bicyclic) bond motifs is 3. The molecule has 2 aliphatic carbocycles. The van der Waals surface area contributed by atoms with Crippen LogP contribution in [0.15, 0.2) is 38.9 Å². The maximum Gasteiger partial charge on any atom is 0.149 e. The van der Waals surface area contributed by atoms with E-state index in [9.17, 15) is 5.11 Å². The quantitative estimate of drug-likeness (QED) is 0.525. The number of rotatable bonds is 4. The Labute approximate surface area is 167 Å². The van der Waals surface area contributed by atoms with Crippen LogP contribution in [0.4, 0.5) is 5.82 Å². The van der Waals surface area contributed by atoms with Crippen molar-refractivity contribution in [2.45, 2.75) is 37.7 Å². The van der Waals surface area contributed by atoms with Crippen LogP contribution in [0, 0.1) is 0 Å². The Morgan fingerprint density at radius 3 is 2.83 bits per heavy atom. The van der Waals surface area contributed by atoms with Crippen LogP contribution in [0.25, 0.3) is 17.1 Å². The van der Waals surface area contributed by atoms with Crippen molar-refractivity contribution in [2.75, 3.05) is 7.05 Å². The third-order valence-corrected chi connectivity index (χ3v) is 5.70. The van der Waals surface area contributed by atoms with Crippen molar-refractivity contribution in [3.05, 3.63) is 47.0 Å². The summed E-state index contributed by atoms with van der Waals surface area (Å²) in [5, 5.41) is 15.3. The van der Waals surface area contributed by atoms with Gasteiger partial charge in [0.05, 0.1) is 17.2 Å². The lowest BCUT2D eigenvalue weighted by Crippen LogP contribution is -2.14. The minimum atomic E-state index is -0.649. The molecule has 1 atom stereocenters. The molecule has 8 nitrogen and oxygen atoms in total. The van der Waals surface area contributed by atoms with Crippen molar-refractivity contribution in [1.29, 1.82) is 0 Å². The Kier molecular flexibility index (Phi) is 4.09. The molecule has 3 N–H and O–H groups in total. The number of nitrogens with zero attached hydrogens (tertiary/aromatic N) is 5. The number of aromatic nitrogens is 3. The van der Waals surface area contributed by atoms with Gasteiger partial charge in [0.2, 0.25) is 0 Å². The average molecular weight is 390 g/mol. The molecule has 0 bridgehead atoms. The van der Waals surface area contributed by atoms with Crippen molar-refractivity contribution in [1.82, 2.24) is 14.7 Å². The second kappa shape index (κ2) is 6.66. The number of aliphatic imine (C=N–C) groups is 2. The molecule has 29 heavy (non-hydrogen) atoms. The van der Waals surface area contributed by atoms with Crippen LogP contribution in [0.3, 0.4) is 0 Å². The van der Waals surface area contributed by atoms with Gasteiger partial charge in [-0.2, -0.15) is 0 Å². The zero-order valence-corrected chi connectivity index (χ0v) is 16.2. The number of hydrogen-bond acceptors (Lipinski definition) is 6. The molecule has 1 saturated carbocycles. The van der Waals surface area contributed by atoms with Gasteiger partial charge in [0.25, 0.3) is 0 Å². The van der Waals surface area contributed by atoms with Gasteiger partial charge >= 0.3 is 0 Å². The molecular formula is C21H22N6O2. The lowest BCUT2D eigenvalue weighted by atomic mass is 9.99. The Balaban J connectivity index is 1.87. The van der Waals surface area contributed by atoms with E-state index in [0.717, 1.165) is 35.4 Å². The van der Waals surface area contributed by atoms with Crippen LogP contribution in [-0.2, 0) is 6.42 Å². The van der Waals surface area contributed by atoms with Crippen molar-refractivity contribution in [3.8, 4) is 17.1 Å². The van der Waals surface area contributed by atoms with Gasteiger partial charge in [0, 0.05) is 30.4 Å². The monoisotopic (exact) mass is 390 g/mol. The number of pyridine rings is 1. The summed E-state index contributed by atoms with van der Waals surface area (Å²) in [4.78, 5) is 13.0. The second-order valence-electron chi connectivity index (χ2n) is 7.45. The van der Waals surface area contributed by atoms with Gasteiger partial charge in [0.15, 0.2) is 0 Å². The molecule has 3 aromatic rings. The molecule has 2 aliphatic rings. The van der Waals surface area contributed by atoms with Crippen molar-refractivity contribution in [3.63, 3.8) is 0 Å². The van der Waals surface area contributed by atoms with Crippen LogP contribution in [0.5, 0.6) is 0 Å². The lowest BCUT2D eigenvalue weighted by Gasteiger charge is -2.12. The van der Waals surface area contributed by atoms with Gasteiger partial charge in [-0.3, -0.25) is 9.56 Å². The maximum absolute atomic E-state index is 10.9. The van der Waals surface area contributed by atoms with Crippen LogP contribution >= 0.6 is 0 Å². The third kappa shape index (κ3) is 2.63. The predicted octanol–water partition coefficient (Wildman–Crippen LogP) is 3.05. The molecule has 1 fully saturated rings. The van der Waals surface area contributed by atoms with Gasteiger partial charge in [-0.15, -0.1) is 0 Å². The van der Waals surface area contributed by atoms with Gasteiger partial charge in [-0.05, 0) is 44.5 Å². The smallest absolute Gasteiger partial charge is 0.149 e. The topological polar surface area (TPSA) is 115 Å². The van der Waals surface area contributed by atoms with Crippen LogP contribution < -0.4 is 5.73 Å². The first-order chi connectivity index (χ1) is 14.2. The molecule has 148 valence electrons. The molecule has 0 saturated heterocycles. The highest BCUT2D eigenvalue weighted by Crippen LogP contribution is 2.50. The fourth-order valence-electron chi connectivity index (χ4n) is 4.21. The Hall–Kier alpha value is -3.26. The molecule has 0 spiro atoms. The van der Waals surface area contributed by atoms with Crippen molar-refractivity contribution < 1.29 is 9.63 Å². The van der Waals surface area contributed by atoms with E-state index >= 15 is 0 Å². The molecule has 3 aromatic heterocycles. The molecule has 0 amide bonds. The summed E-state index contributed by atoms with van der Waals surface area (Å²) in [6.07, 6.45) is 4.33. The first kappa shape index (κ1) is 17.8. The molecule has 0 radical (unpaired) electrons. The summed E-state index contributed by atoms with van der Waals surface area (Å²) in [7, 11) is 1.64. The number of aliphatic hydroxyl groups is 1. The maximum atomic E-state index is 10.9. The van der Waals surface area contributed by atoms with Crippen LogP contribution in [-0.4, -0.2) is 39.4 Å². The third-order valence-electron chi connectivity index (χ3n) is 5.70. The van der Waals surface area contributed by atoms with Gasteiger partial charge in [0.1, 0.15) is 28.9 Å². The minimum Gasteiger partial charge on any atom is -0.388 e. The summed E-state index contributed by atoms with van der Waals surface area (Å²) in [5.74, 6) is 2.71. The molecule has 0 aliphatic heterocycles. The van der Waals surface area contributed by atoms with Gasteiger partial charge < -0.3 is 15.4 Å². The van der Waals surface area contributed by atoms with Crippen LogP contribution in [0.1, 0.15) is 53.9 Å². The van der Waals surface area contributed by atoms with E-state index in [0.29, 0.717) is 47.5 Å². The highest BCUT2D eigenvalue weighted by molar-refractivity contribution is 6.09. The highest BCUT2D eigenvalue weighted by atomic mass is 16.5. The fourth-order valence-corrected chi connectivity index (χ4v) is 4.21.